The van der Waals surface area contributed by atoms with Crippen LogP contribution in [0.1, 0.15) is 37.2 Å². The maximum atomic E-state index is 6.09. The number of fused-ring (bicyclic) bond motifs is 1. The van der Waals surface area contributed by atoms with Gasteiger partial charge < -0.3 is 14.8 Å². The number of pyridine rings is 1. The number of nitrogens with zero attached hydrogens (tertiary/aromatic N) is 3. The highest BCUT2D eigenvalue weighted by molar-refractivity contribution is 6.30. The first-order valence-corrected chi connectivity index (χ1v) is 10.8. The molecule has 2 fully saturated rings. The van der Waals surface area contributed by atoms with Crippen LogP contribution in [0.4, 0.5) is 0 Å². The fourth-order valence-corrected chi connectivity index (χ4v) is 5.11. The van der Waals surface area contributed by atoms with Crippen LogP contribution in [0.25, 0.3) is 16.6 Å². The van der Waals surface area contributed by atoms with Gasteiger partial charge in [-0.2, -0.15) is 0 Å². The summed E-state index contributed by atoms with van der Waals surface area (Å²) in [5, 5.41) is 5.59. The number of benzene rings is 1. The first kappa shape index (κ1) is 18.2. The first-order valence-electron chi connectivity index (χ1n) is 10.5. The van der Waals surface area contributed by atoms with Crippen molar-refractivity contribution in [2.45, 2.75) is 37.6 Å². The predicted molar refractivity (Wildman–Crippen MR) is 116 cm³/mol. The van der Waals surface area contributed by atoms with Crippen molar-refractivity contribution in [3.8, 4) is 5.69 Å². The third-order valence-corrected chi connectivity index (χ3v) is 6.79. The largest absolute Gasteiger partial charge is 0.317 e. The fraction of sp³-hybridized carbons (Fsp3) is 0.435. The van der Waals surface area contributed by atoms with Crippen LogP contribution < -0.4 is 5.32 Å². The minimum atomic E-state index is 0.622. The van der Waals surface area contributed by atoms with E-state index in [1.165, 1.54) is 68.3 Å². The lowest BCUT2D eigenvalue weighted by molar-refractivity contribution is 0.127. The van der Waals surface area contributed by atoms with Gasteiger partial charge in [-0.05, 0) is 93.7 Å². The predicted octanol–water partition coefficient (Wildman–Crippen LogP) is 4.61. The second-order valence-electron chi connectivity index (χ2n) is 8.12. The van der Waals surface area contributed by atoms with Gasteiger partial charge in [0.2, 0.25) is 0 Å². The zero-order valence-electron chi connectivity index (χ0n) is 16.1. The Hall–Kier alpha value is -1.88. The molecule has 4 nitrogen and oxygen atoms in total. The van der Waals surface area contributed by atoms with E-state index in [0.29, 0.717) is 5.92 Å². The quantitative estimate of drug-likeness (QED) is 0.704. The Morgan fingerprint density at radius 3 is 2.46 bits per heavy atom. The summed E-state index contributed by atoms with van der Waals surface area (Å²) in [7, 11) is 0. The summed E-state index contributed by atoms with van der Waals surface area (Å²) in [6, 6.07) is 11.0. The highest BCUT2D eigenvalue weighted by atomic mass is 35.5. The van der Waals surface area contributed by atoms with Crippen molar-refractivity contribution in [1.82, 2.24) is 19.8 Å². The van der Waals surface area contributed by atoms with Gasteiger partial charge in [-0.25, -0.2) is 0 Å². The Bertz CT molecular complexity index is 935. The van der Waals surface area contributed by atoms with Gasteiger partial charge in [-0.1, -0.05) is 11.6 Å². The highest BCUT2D eigenvalue weighted by Crippen LogP contribution is 2.36. The average Bonchev–Trinajstić information content (AvgIpc) is 3.15. The molecule has 1 N–H and O–H groups in total. The summed E-state index contributed by atoms with van der Waals surface area (Å²) in [6.45, 7) is 4.78. The molecule has 0 atom stereocenters. The summed E-state index contributed by atoms with van der Waals surface area (Å²) in [6.07, 6.45) is 11.3. The second-order valence-corrected chi connectivity index (χ2v) is 8.55. The first-order chi connectivity index (χ1) is 13.8. The van der Waals surface area contributed by atoms with Crippen LogP contribution in [0.2, 0.25) is 5.02 Å². The summed E-state index contributed by atoms with van der Waals surface area (Å²) in [4.78, 5) is 7.12. The third-order valence-electron chi connectivity index (χ3n) is 6.54. The molecule has 0 unspecified atom stereocenters. The van der Waals surface area contributed by atoms with E-state index in [1.54, 1.807) is 0 Å². The number of hydrogen-bond donors (Lipinski definition) is 1. The molecule has 146 valence electrons. The minimum absolute atomic E-state index is 0.622. The van der Waals surface area contributed by atoms with Crippen LogP contribution in [-0.4, -0.2) is 46.7 Å². The van der Waals surface area contributed by atoms with Crippen LogP contribution >= 0.6 is 11.6 Å². The summed E-state index contributed by atoms with van der Waals surface area (Å²) >= 11 is 6.09. The number of halogens is 1. The van der Waals surface area contributed by atoms with Crippen molar-refractivity contribution < 1.29 is 0 Å². The van der Waals surface area contributed by atoms with Crippen molar-refractivity contribution in [2.24, 2.45) is 0 Å². The third kappa shape index (κ3) is 3.45. The molecule has 0 radical (unpaired) electrons. The Morgan fingerprint density at radius 2 is 1.71 bits per heavy atom. The van der Waals surface area contributed by atoms with E-state index in [-0.39, 0.29) is 0 Å². The molecule has 2 aromatic heterocycles. The van der Waals surface area contributed by atoms with Crippen LogP contribution in [0.15, 0.2) is 48.9 Å². The molecule has 0 saturated carbocycles. The molecule has 5 heteroatoms. The Labute approximate surface area is 171 Å². The molecule has 1 aromatic carbocycles. The topological polar surface area (TPSA) is 33.1 Å². The van der Waals surface area contributed by atoms with Crippen LogP contribution in [0, 0.1) is 0 Å². The lowest BCUT2D eigenvalue weighted by atomic mass is 9.88. The van der Waals surface area contributed by atoms with E-state index < -0.39 is 0 Å². The molecule has 4 heterocycles. The van der Waals surface area contributed by atoms with Gasteiger partial charge in [0.15, 0.2) is 0 Å². The van der Waals surface area contributed by atoms with Gasteiger partial charge >= 0.3 is 0 Å². The van der Waals surface area contributed by atoms with Crippen molar-refractivity contribution in [2.75, 3.05) is 26.2 Å². The molecule has 0 amide bonds. The molecule has 2 aliphatic rings. The second kappa shape index (κ2) is 7.86. The van der Waals surface area contributed by atoms with Gasteiger partial charge in [-0.15, -0.1) is 0 Å². The minimum Gasteiger partial charge on any atom is -0.317 e. The van der Waals surface area contributed by atoms with Crippen LogP contribution in [0.5, 0.6) is 0 Å². The Balaban J connectivity index is 1.41. The standard InChI is InChI=1S/C23H27ClN4/c24-18-1-3-20(4-2-18)28-16-22(21-7-12-26-15-23(21)28)17-8-13-27(14-9-17)19-5-10-25-11-6-19/h1-4,7,12,15-17,19,25H,5-6,8-11,13-14H2. The summed E-state index contributed by atoms with van der Waals surface area (Å²) in [5.41, 5.74) is 3.79. The summed E-state index contributed by atoms with van der Waals surface area (Å²) < 4.78 is 2.27. The van der Waals surface area contributed by atoms with Crippen molar-refractivity contribution in [1.29, 1.82) is 0 Å². The number of piperidine rings is 2. The maximum absolute atomic E-state index is 6.09. The monoisotopic (exact) mass is 394 g/mol. The number of aromatic nitrogens is 2. The van der Waals surface area contributed by atoms with E-state index in [1.807, 2.05) is 24.5 Å². The molecule has 0 spiro atoms. The molecule has 0 aliphatic carbocycles. The zero-order valence-corrected chi connectivity index (χ0v) is 16.9. The van der Waals surface area contributed by atoms with Gasteiger partial charge in [0.05, 0.1) is 11.7 Å². The lowest BCUT2D eigenvalue weighted by Crippen LogP contribution is -2.46. The normalized spacial score (nSPS) is 20.0. The van der Waals surface area contributed by atoms with Gasteiger partial charge in [0.25, 0.3) is 0 Å². The van der Waals surface area contributed by atoms with Crippen molar-refractivity contribution in [3.05, 3.63) is 59.5 Å². The van der Waals surface area contributed by atoms with Gasteiger partial charge in [0.1, 0.15) is 0 Å². The molecule has 0 bridgehead atoms. The molecule has 28 heavy (non-hydrogen) atoms. The lowest BCUT2D eigenvalue weighted by Gasteiger charge is -2.39. The van der Waals surface area contributed by atoms with Gasteiger partial charge in [0, 0.05) is 34.5 Å². The smallest absolute Gasteiger partial charge is 0.0715 e. The zero-order chi connectivity index (χ0) is 18.9. The van der Waals surface area contributed by atoms with Gasteiger partial charge in [-0.3, -0.25) is 4.98 Å². The van der Waals surface area contributed by atoms with E-state index in [4.69, 9.17) is 11.6 Å². The number of rotatable bonds is 3. The molecule has 2 aliphatic heterocycles. The van der Waals surface area contributed by atoms with Crippen molar-refractivity contribution >= 4 is 22.5 Å². The molecular formula is C23H27ClN4. The van der Waals surface area contributed by atoms with E-state index >= 15 is 0 Å². The fourth-order valence-electron chi connectivity index (χ4n) is 4.99. The number of nitrogens with one attached hydrogen (secondary N) is 1. The highest BCUT2D eigenvalue weighted by Gasteiger charge is 2.28. The maximum Gasteiger partial charge on any atom is 0.0715 e. The molecular weight excluding hydrogens is 368 g/mol. The molecule has 2 saturated heterocycles. The van der Waals surface area contributed by atoms with E-state index in [9.17, 15) is 0 Å². The van der Waals surface area contributed by atoms with E-state index in [2.05, 4.69) is 44.2 Å². The number of hydrogen-bond acceptors (Lipinski definition) is 3. The average molecular weight is 395 g/mol. The van der Waals surface area contributed by atoms with Crippen LogP contribution in [0.3, 0.4) is 0 Å². The summed E-state index contributed by atoms with van der Waals surface area (Å²) in [5.74, 6) is 0.622. The molecule has 5 rings (SSSR count). The van der Waals surface area contributed by atoms with Crippen molar-refractivity contribution in [3.63, 3.8) is 0 Å². The Kier molecular flexibility index (Phi) is 5.10. The number of likely N-dealkylation sites (tertiary alicyclic amines) is 1. The molecule has 3 aromatic rings. The van der Waals surface area contributed by atoms with Crippen LogP contribution in [-0.2, 0) is 0 Å². The SMILES string of the molecule is Clc1ccc(-n2cc(C3CCN(C4CCNCC4)CC3)c3ccncc32)cc1. The van der Waals surface area contributed by atoms with E-state index in [0.717, 1.165) is 16.8 Å². The Morgan fingerprint density at radius 1 is 0.964 bits per heavy atom.